The fourth-order valence-corrected chi connectivity index (χ4v) is 3.55. The Kier molecular flexibility index (Phi) is 4.03. The van der Waals surface area contributed by atoms with Gasteiger partial charge >= 0.3 is 0 Å². The fraction of sp³-hybridized carbons (Fsp3) is 0.250. The van der Waals surface area contributed by atoms with Crippen LogP contribution in [0.4, 0.5) is 11.1 Å². The zero-order valence-corrected chi connectivity index (χ0v) is 14.3. The Morgan fingerprint density at radius 2 is 1.92 bits per heavy atom. The third-order valence-corrected chi connectivity index (χ3v) is 4.99. The van der Waals surface area contributed by atoms with Gasteiger partial charge in [0.05, 0.1) is 6.20 Å². The summed E-state index contributed by atoms with van der Waals surface area (Å²) in [6.45, 7) is 1.98. The number of carbonyl (C=O) groups excluding carboxylic acids is 1. The SMILES string of the molecule is O=C(Nc1nc2cnc(N3CCCC3)nc2s1)c1ccc(Cl)cc1. The lowest BCUT2D eigenvalue weighted by Crippen LogP contribution is -2.20. The largest absolute Gasteiger partial charge is 0.341 e. The van der Waals surface area contributed by atoms with Crippen LogP contribution in [0.3, 0.4) is 0 Å². The Bertz CT molecular complexity index is 889. The summed E-state index contributed by atoms with van der Waals surface area (Å²) in [7, 11) is 0. The summed E-state index contributed by atoms with van der Waals surface area (Å²) in [5.74, 6) is 0.512. The zero-order valence-electron chi connectivity index (χ0n) is 12.7. The monoisotopic (exact) mass is 359 g/mol. The standard InChI is InChI=1S/C16H14ClN5OS/c17-11-5-3-10(4-6-11)13(23)20-16-19-12-9-18-15(21-14(12)24-16)22-7-1-2-8-22/h3-6,9H,1-2,7-8H2,(H,19,20,23). The van der Waals surface area contributed by atoms with Crippen molar-refractivity contribution in [3.63, 3.8) is 0 Å². The summed E-state index contributed by atoms with van der Waals surface area (Å²) in [5.41, 5.74) is 1.22. The molecule has 3 heterocycles. The molecule has 0 unspecified atom stereocenters. The van der Waals surface area contributed by atoms with Crippen LogP contribution in [0.1, 0.15) is 23.2 Å². The highest BCUT2D eigenvalue weighted by Crippen LogP contribution is 2.26. The number of amides is 1. The summed E-state index contributed by atoms with van der Waals surface area (Å²) in [5, 5.41) is 3.91. The van der Waals surface area contributed by atoms with Crippen LogP contribution in [0.2, 0.25) is 5.02 Å². The number of fused-ring (bicyclic) bond motifs is 1. The Hall–Kier alpha value is -2.25. The molecule has 1 aliphatic rings. The van der Waals surface area contributed by atoms with E-state index in [0.717, 1.165) is 23.9 Å². The lowest BCUT2D eigenvalue weighted by Gasteiger charge is -2.13. The molecule has 6 nitrogen and oxygen atoms in total. The van der Waals surface area contributed by atoms with E-state index in [4.69, 9.17) is 11.6 Å². The number of nitrogens with zero attached hydrogens (tertiary/aromatic N) is 4. The molecule has 24 heavy (non-hydrogen) atoms. The first-order chi connectivity index (χ1) is 11.7. The van der Waals surface area contributed by atoms with Gasteiger partial charge in [0.25, 0.3) is 5.91 Å². The molecule has 1 N–H and O–H groups in total. The van der Waals surface area contributed by atoms with Gasteiger partial charge in [-0.05, 0) is 37.1 Å². The molecule has 4 rings (SSSR count). The highest BCUT2D eigenvalue weighted by Gasteiger charge is 2.17. The van der Waals surface area contributed by atoms with Crippen LogP contribution >= 0.6 is 22.9 Å². The maximum atomic E-state index is 12.2. The van der Waals surface area contributed by atoms with E-state index in [-0.39, 0.29) is 5.91 Å². The summed E-state index contributed by atoms with van der Waals surface area (Å²) in [6, 6.07) is 6.72. The van der Waals surface area contributed by atoms with E-state index in [9.17, 15) is 4.79 Å². The maximum Gasteiger partial charge on any atom is 0.257 e. The molecule has 122 valence electrons. The Morgan fingerprint density at radius 1 is 1.17 bits per heavy atom. The lowest BCUT2D eigenvalue weighted by atomic mass is 10.2. The predicted molar refractivity (Wildman–Crippen MR) is 96.1 cm³/mol. The normalized spacial score (nSPS) is 14.3. The zero-order chi connectivity index (χ0) is 16.5. The molecule has 3 aromatic rings. The van der Waals surface area contributed by atoms with Crippen LogP contribution in [-0.4, -0.2) is 33.9 Å². The summed E-state index contributed by atoms with van der Waals surface area (Å²) in [4.78, 5) is 28.5. The maximum absolute atomic E-state index is 12.2. The molecule has 1 aliphatic heterocycles. The van der Waals surface area contributed by atoms with E-state index in [1.54, 1.807) is 30.5 Å². The smallest absolute Gasteiger partial charge is 0.257 e. The molecule has 0 saturated carbocycles. The van der Waals surface area contributed by atoms with Gasteiger partial charge < -0.3 is 4.90 Å². The minimum atomic E-state index is -0.224. The number of nitrogens with one attached hydrogen (secondary N) is 1. The number of anilines is 2. The van der Waals surface area contributed by atoms with E-state index in [1.807, 2.05) is 0 Å². The van der Waals surface area contributed by atoms with Crippen molar-refractivity contribution in [3.05, 3.63) is 41.0 Å². The average Bonchev–Trinajstić information content (AvgIpc) is 3.23. The lowest BCUT2D eigenvalue weighted by molar-refractivity contribution is 0.102. The van der Waals surface area contributed by atoms with Gasteiger partial charge in [0.1, 0.15) is 5.52 Å². The third-order valence-electron chi connectivity index (χ3n) is 3.85. The second kappa shape index (κ2) is 6.33. The highest BCUT2D eigenvalue weighted by atomic mass is 35.5. The number of thiazole rings is 1. The Labute approximate surface area is 147 Å². The number of halogens is 1. The topological polar surface area (TPSA) is 71.0 Å². The Balaban J connectivity index is 1.56. The van der Waals surface area contributed by atoms with Crippen LogP contribution in [0.25, 0.3) is 10.3 Å². The number of carbonyl (C=O) groups is 1. The molecule has 0 aliphatic carbocycles. The number of benzene rings is 1. The van der Waals surface area contributed by atoms with Crippen LogP contribution in [0.15, 0.2) is 30.5 Å². The van der Waals surface area contributed by atoms with Gasteiger partial charge in [-0.2, -0.15) is 4.98 Å². The van der Waals surface area contributed by atoms with Gasteiger partial charge in [-0.25, -0.2) is 9.97 Å². The molecule has 0 radical (unpaired) electrons. The number of rotatable bonds is 3. The van der Waals surface area contributed by atoms with E-state index in [0.29, 0.717) is 21.2 Å². The van der Waals surface area contributed by atoms with Gasteiger partial charge in [-0.3, -0.25) is 10.1 Å². The van der Waals surface area contributed by atoms with Crippen molar-refractivity contribution in [2.24, 2.45) is 0 Å². The number of aromatic nitrogens is 3. The van der Waals surface area contributed by atoms with Crippen LogP contribution in [0, 0.1) is 0 Å². The molecule has 1 amide bonds. The summed E-state index contributed by atoms with van der Waals surface area (Å²) < 4.78 is 0. The summed E-state index contributed by atoms with van der Waals surface area (Å²) in [6.07, 6.45) is 4.06. The minimum absolute atomic E-state index is 0.224. The molecule has 0 spiro atoms. The minimum Gasteiger partial charge on any atom is -0.341 e. The second-order valence-corrected chi connectivity index (χ2v) is 6.95. The van der Waals surface area contributed by atoms with Crippen molar-refractivity contribution in [2.45, 2.75) is 12.8 Å². The molecule has 8 heteroatoms. The van der Waals surface area contributed by atoms with Gasteiger partial charge in [0.15, 0.2) is 9.96 Å². The molecular formula is C16H14ClN5OS. The van der Waals surface area contributed by atoms with Crippen molar-refractivity contribution in [1.29, 1.82) is 0 Å². The fourth-order valence-electron chi connectivity index (χ4n) is 2.62. The van der Waals surface area contributed by atoms with E-state index in [1.165, 1.54) is 24.2 Å². The van der Waals surface area contributed by atoms with Gasteiger partial charge in [0, 0.05) is 23.7 Å². The third kappa shape index (κ3) is 3.05. The molecule has 1 aromatic carbocycles. The van der Waals surface area contributed by atoms with E-state index < -0.39 is 0 Å². The predicted octanol–water partition coefficient (Wildman–Crippen LogP) is 3.59. The van der Waals surface area contributed by atoms with Gasteiger partial charge in [-0.1, -0.05) is 22.9 Å². The molecule has 2 aromatic heterocycles. The average molecular weight is 360 g/mol. The van der Waals surface area contributed by atoms with E-state index in [2.05, 4.69) is 25.2 Å². The first-order valence-corrected chi connectivity index (χ1v) is 8.84. The summed E-state index contributed by atoms with van der Waals surface area (Å²) >= 11 is 7.19. The molecule has 0 atom stereocenters. The van der Waals surface area contributed by atoms with Crippen molar-refractivity contribution in [2.75, 3.05) is 23.3 Å². The van der Waals surface area contributed by atoms with Crippen molar-refractivity contribution >= 4 is 50.3 Å². The van der Waals surface area contributed by atoms with Crippen LogP contribution in [-0.2, 0) is 0 Å². The molecule has 1 saturated heterocycles. The molecular weight excluding hydrogens is 346 g/mol. The van der Waals surface area contributed by atoms with Crippen molar-refractivity contribution in [1.82, 2.24) is 15.0 Å². The van der Waals surface area contributed by atoms with Crippen LogP contribution in [0.5, 0.6) is 0 Å². The number of hydrogen-bond donors (Lipinski definition) is 1. The molecule has 1 fully saturated rings. The number of hydrogen-bond acceptors (Lipinski definition) is 6. The second-order valence-electron chi connectivity index (χ2n) is 5.53. The quantitative estimate of drug-likeness (QED) is 0.773. The van der Waals surface area contributed by atoms with E-state index >= 15 is 0 Å². The Morgan fingerprint density at radius 3 is 2.67 bits per heavy atom. The van der Waals surface area contributed by atoms with Crippen LogP contribution < -0.4 is 10.2 Å². The highest BCUT2D eigenvalue weighted by molar-refractivity contribution is 7.22. The van der Waals surface area contributed by atoms with Crippen molar-refractivity contribution < 1.29 is 4.79 Å². The van der Waals surface area contributed by atoms with Gasteiger partial charge in [-0.15, -0.1) is 0 Å². The van der Waals surface area contributed by atoms with Gasteiger partial charge in [0.2, 0.25) is 5.95 Å². The first kappa shape index (κ1) is 15.3. The van der Waals surface area contributed by atoms with Crippen molar-refractivity contribution in [3.8, 4) is 0 Å². The molecule has 0 bridgehead atoms. The first-order valence-electron chi connectivity index (χ1n) is 7.64.